The van der Waals surface area contributed by atoms with E-state index in [2.05, 4.69) is 4.99 Å². The Balaban J connectivity index is 2.46. The summed E-state index contributed by atoms with van der Waals surface area (Å²) in [6, 6.07) is 4.18. The summed E-state index contributed by atoms with van der Waals surface area (Å²) in [6.07, 6.45) is 1.47. The minimum Gasteiger partial charge on any atom is -0.502 e. The second-order valence-corrected chi connectivity index (χ2v) is 6.87. The SMILES string of the molecule is CC(C)N=C1S/C(=C/c2cccc([N+](=O)[O-])c2O)C(=O)N1C(C)C. The molecule has 1 aromatic rings. The number of para-hydroxylation sites is 1. The summed E-state index contributed by atoms with van der Waals surface area (Å²) in [4.78, 5) is 29.3. The van der Waals surface area contributed by atoms with E-state index < -0.39 is 16.4 Å². The molecule has 1 amide bonds. The number of carbonyl (C=O) groups is 1. The molecule has 0 saturated carbocycles. The van der Waals surface area contributed by atoms with Crippen molar-refractivity contribution >= 4 is 34.6 Å². The van der Waals surface area contributed by atoms with Crippen LogP contribution in [0.3, 0.4) is 0 Å². The maximum atomic E-state index is 12.6. The number of thioether (sulfide) groups is 1. The van der Waals surface area contributed by atoms with Crippen molar-refractivity contribution in [3.05, 3.63) is 38.8 Å². The lowest BCUT2D eigenvalue weighted by atomic mass is 10.1. The Labute approximate surface area is 144 Å². The number of nitro benzene ring substituents is 1. The average Bonchev–Trinajstić information content (AvgIpc) is 2.76. The van der Waals surface area contributed by atoms with E-state index in [-0.39, 0.29) is 23.6 Å². The fraction of sp³-hybridized carbons (Fsp3) is 0.375. The molecule has 128 valence electrons. The lowest BCUT2D eigenvalue weighted by Gasteiger charge is -2.20. The second-order valence-electron chi connectivity index (χ2n) is 5.86. The molecule has 0 spiro atoms. The minimum absolute atomic E-state index is 0.0344. The topological polar surface area (TPSA) is 96.0 Å². The quantitative estimate of drug-likeness (QED) is 0.510. The van der Waals surface area contributed by atoms with Crippen LogP contribution in [0.5, 0.6) is 5.75 Å². The van der Waals surface area contributed by atoms with Gasteiger partial charge < -0.3 is 5.11 Å². The first kappa shape index (κ1) is 18.0. The van der Waals surface area contributed by atoms with Gasteiger partial charge in [-0.2, -0.15) is 0 Å². The second kappa shape index (κ2) is 7.04. The number of benzene rings is 1. The molecule has 1 aliphatic heterocycles. The van der Waals surface area contributed by atoms with Crippen molar-refractivity contribution in [2.75, 3.05) is 0 Å². The van der Waals surface area contributed by atoms with Crippen LogP contribution in [0.25, 0.3) is 6.08 Å². The Morgan fingerprint density at radius 2 is 2.00 bits per heavy atom. The van der Waals surface area contributed by atoms with Crippen LogP contribution in [0.4, 0.5) is 5.69 Å². The number of phenolic OH excluding ortho intramolecular Hbond substituents is 1. The first-order valence-corrected chi connectivity index (χ1v) is 8.31. The van der Waals surface area contributed by atoms with E-state index in [0.717, 1.165) is 0 Å². The van der Waals surface area contributed by atoms with Gasteiger partial charge in [0.25, 0.3) is 5.91 Å². The molecule has 0 bridgehead atoms. The van der Waals surface area contributed by atoms with Crippen LogP contribution < -0.4 is 0 Å². The van der Waals surface area contributed by atoms with E-state index in [1.807, 2.05) is 27.7 Å². The number of rotatable bonds is 4. The fourth-order valence-electron chi connectivity index (χ4n) is 2.21. The summed E-state index contributed by atoms with van der Waals surface area (Å²) in [5.41, 5.74) is -0.161. The van der Waals surface area contributed by atoms with Crippen LogP contribution in [0, 0.1) is 10.1 Å². The van der Waals surface area contributed by atoms with Gasteiger partial charge in [-0.25, -0.2) is 0 Å². The lowest BCUT2D eigenvalue weighted by molar-refractivity contribution is -0.385. The molecule has 8 heteroatoms. The molecular weight excluding hydrogens is 330 g/mol. The Morgan fingerprint density at radius 3 is 2.54 bits per heavy atom. The van der Waals surface area contributed by atoms with Crippen molar-refractivity contribution in [2.45, 2.75) is 39.8 Å². The van der Waals surface area contributed by atoms with Gasteiger partial charge in [-0.15, -0.1) is 0 Å². The van der Waals surface area contributed by atoms with Crippen LogP contribution >= 0.6 is 11.8 Å². The Kier molecular flexibility index (Phi) is 5.28. The highest BCUT2D eigenvalue weighted by Crippen LogP contribution is 2.37. The van der Waals surface area contributed by atoms with E-state index in [1.165, 1.54) is 36.0 Å². The first-order chi connectivity index (χ1) is 11.2. The molecule has 1 aliphatic rings. The summed E-state index contributed by atoms with van der Waals surface area (Å²) in [5, 5.41) is 21.6. The molecule has 0 aromatic heterocycles. The highest BCUT2D eigenvalue weighted by Gasteiger charge is 2.35. The van der Waals surface area contributed by atoms with Gasteiger partial charge in [0.15, 0.2) is 5.17 Å². The summed E-state index contributed by atoms with van der Waals surface area (Å²) >= 11 is 1.21. The Morgan fingerprint density at radius 1 is 1.33 bits per heavy atom. The molecule has 1 heterocycles. The summed E-state index contributed by atoms with van der Waals surface area (Å²) in [6.45, 7) is 7.62. The molecular formula is C16H19N3O4S. The number of hydrogen-bond donors (Lipinski definition) is 1. The van der Waals surface area contributed by atoms with Gasteiger partial charge in [0.2, 0.25) is 5.75 Å². The maximum absolute atomic E-state index is 12.6. The lowest BCUT2D eigenvalue weighted by Crippen LogP contribution is -2.35. The van der Waals surface area contributed by atoms with Gasteiger partial charge in [0, 0.05) is 23.7 Å². The molecule has 7 nitrogen and oxygen atoms in total. The van der Waals surface area contributed by atoms with Gasteiger partial charge in [0.05, 0.1) is 9.83 Å². The molecule has 1 N–H and O–H groups in total. The van der Waals surface area contributed by atoms with E-state index >= 15 is 0 Å². The monoisotopic (exact) mass is 349 g/mol. The zero-order chi connectivity index (χ0) is 18.0. The van der Waals surface area contributed by atoms with Gasteiger partial charge in [-0.1, -0.05) is 12.1 Å². The Bertz CT molecular complexity index is 741. The average molecular weight is 349 g/mol. The van der Waals surface area contributed by atoms with Gasteiger partial charge >= 0.3 is 5.69 Å². The van der Waals surface area contributed by atoms with Gasteiger partial charge in [-0.05, 0) is 45.5 Å². The molecule has 0 aliphatic carbocycles. The normalized spacial score (nSPS) is 18.4. The summed E-state index contributed by atoms with van der Waals surface area (Å²) in [5.74, 6) is -0.672. The number of aliphatic imine (C=N–C) groups is 1. The minimum atomic E-state index is -0.660. The molecule has 24 heavy (non-hydrogen) atoms. The highest BCUT2D eigenvalue weighted by molar-refractivity contribution is 8.18. The third kappa shape index (κ3) is 3.59. The standard InChI is InChI=1S/C16H19N3O4S/c1-9(2)17-16-18(10(3)4)15(21)13(24-16)8-11-6-5-7-12(14(11)20)19(22)23/h5-10,20H,1-4H3/b13-8+,17-16?. The molecule has 1 fully saturated rings. The number of nitrogens with zero attached hydrogens (tertiary/aromatic N) is 3. The smallest absolute Gasteiger partial charge is 0.311 e. The molecule has 1 aromatic carbocycles. The number of hydrogen-bond acceptors (Lipinski definition) is 6. The van der Waals surface area contributed by atoms with E-state index in [0.29, 0.717) is 10.1 Å². The van der Waals surface area contributed by atoms with Crippen molar-refractivity contribution in [3.8, 4) is 5.75 Å². The molecule has 0 unspecified atom stereocenters. The third-order valence-corrected chi connectivity index (χ3v) is 4.25. The molecule has 0 atom stereocenters. The van der Waals surface area contributed by atoms with Crippen LogP contribution in [0.1, 0.15) is 33.3 Å². The first-order valence-electron chi connectivity index (χ1n) is 7.49. The predicted octanol–water partition coefficient (Wildman–Crippen LogP) is 3.39. The van der Waals surface area contributed by atoms with E-state index in [9.17, 15) is 20.0 Å². The number of amidine groups is 1. The summed E-state index contributed by atoms with van der Waals surface area (Å²) in [7, 11) is 0. The number of amides is 1. The highest BCUT2D eigenvalue weighted by atomic mass is 32.2. The Hall–Kier alpha value is -2.35. The number of carbonyl (C=O) groups excluding carboxylic acids is 1. The van der Waals surface area contributed by atoms with E-state index in [4.69, 9.17) is 0 Å². The van der Waals surface area contributed by atoms with Crippen LogP contribution in [0.2, 0.25) is 0 Å². The zero-order valence-electron chi connectivity index (χ0n) is 13.9. The van der Waals surface area contributed by atoms with Crippen molar-refractivity contribution in [1.29, 1.82) is 0 Å². The van der Waals surface area contributed by atoms with Crippen LogP contribution in [0.15, 0.2) is 28.1 Å². The van der Waals surface area contributed by atoms with Crippen molar-refractivity contribution in [3.63, 3.8) is 0 Å². The van der Waals surface area contributed by atoms with Gasteiger partial charge in [0.1, 0.15) is 0 Å². The van der Waals surface area contributed by atoms with Crippen molar-refractivity contribution in [1.82, 2.24) is 4.90 Å². The summed E-state index contributed by atoms with van der Waals surface area (Å²) < 4.78 is 0. The fourth-order valence-corrected chi connectivity index (χ4v) is 3.43. The molecule has 2 rings (SSSR count). The van der Waals surface area contributed by atoms with E-state index in [1.54, 1.807) is 4.90 Å². The number of phenols is 1. The van der Waals surface area contributed by atoms with Crippen LogP contribution in [-0.2, 0) is 4.79 Å². The number of aromatic hydroxyl groups is 1. The molecule has 0 radical (unpaired) electrons. The van der Waals surface area contributed by atoms with Gasteiger partial charge in [-0.3, -0.25) is 24.8 Å². The third-order valence-electron chi connectivity index (χ3n) is 3.25. The maximum Gasteiger partial charge on any atom is 0.311 e. The largest absolute Gasteiger partial charge is 0.502 e. The predicted molar refractivity (Wildman–Crippen MR) is 94.9 cm³/mol. The van der Waals surface area contributed by atoms with Crippen molar-refractivity contribution < 1.29 is 14.8 Å². The number of nitro groups is 1. The van der Waals surface area contributed by atoms with Crippen molar-refractivity contribution in [2.24, 2.45) is 4.99 Å². The van der Waals surface area contributed by atoms with Crippen LogP contribution in [-0.4, -0.2) is 38.1 Å². The molecule has 1 saturated heterocycles. The zero-order valence-corrected chi connectivity index (χ0v) is 14.7.